The summed E-state index contributed by atoms with van der Waals surface area (Å²) < 4.78 is 26.5. The summed E-state index contributed by atoms with van der Waals surface area (Å²) in [4.78, 5) is 32.4. The molecule has 1 amide bonds. The van der Waals surface area contributed by atoms with Crippen molar-refractivity contribution in [2.45, 2.75) is 50.1 Å². The van der Waals surface area contributed by atoms with Gasteiger partial charge in [-0.1, -0.05) is 0 Å². The number of aliphatic hydroxyl groups is 1. The Morgan fingerprint density at radius 3 is 2.53 bits per heavy atom. The molecule has 2 aromatic carbocycles. The molecule has 3 saturated heterocycles. The molecule has 4 atom stereocenters. The van der Waals surface area contributed by atoms with Crippen molar-refractivity contribution >= 4 is 23.2 Å². The van der Waals surface area contributed by atoms with E-state index in [1.807, 2.05) is 12.1 Å². The number of piperazine rings is 1. The first kappa shape index (κ1) is 31.2. The van der Waals surface area contributed by atoms with E-state index >= 15 is 4.39 Å². The fourth-order valence-electron chi connectivity index (χ4n) is 6.84. The minimum Gasteiger partial charge on any atom is -0.486 e. The number of anilines is 3. The predicted molar refractivity (Wildman–Crippen MR) is 172 cm³/mol. The molecule has 47 heavy (non-hydrogen) atoms. The molecular formula is C34H39FN8O4. The molecule has 1 saturated carbocycles. The number of rotatable bonds is 8. The van der Waals surface area contributed by atoms with Crippen molar-refractivity contribution in [2.75, 3.05) is 62.7 Å². The highest BCUT2D eigenvalue weighted by molar-refractivity contribution is 5.79. The third-order valence-corrected chi connectivity index (χ3v) is 9.70. The number of ether oxygens (including phenoxy) is 2. The van der Waals surface area contributed by atoms with Gasteiger partial charge < -0.3 is 29.7 Å². The smallest absolute Gasteiger partial charge is 0.230 e. The van der Waals surface area contributed by atoms with Gasteiger partial charge in [-0.3, -0.25) is 9.69 Å². The SMILES string of the molecule is N#Cc1cc(-c2ncnc(Nc3ccc(N4CCN(C5COC5)CC4)cc3)n2)ccc1O[C@H]1CCN(C(=O)[C@H]2CC[C@H](O)C2)C[C@H]1F. The number of carbonyl (C=O) groups excluding carboxylic acids is 1. The van der Waals surface area contributed by atoms with Gasteiger partial charge in [0.1, 0.15) is 24.3 Å². The van der Waals surface area contributed by atoms with Crippen LogP contribution in [0.3, 0.4) is 0 Å². The topological polar surface area (TPSA) is 140 Å². The van der Waals surface area contributed by atoms with E-state index in [9.17, 15) is 15.2 Å². The van der Waals surface area contributed by atoms with E-state index in [4.69, 9.17) is 9.47 Å². The van der Waals surface area contributed by atoms with Crippen molar-refractivity contribution in [1.29, 1.82) is 5.26 Å². The number of halogens is 1. The first-order chi connectivity index (χ1) is 22.9. The van der Waals surface area contributed by atoms with Crippen molar-refractivity contribution in [3.63, 3.8) is 0 Å². The van der Waals surface area contributed by atoms with Crippen LogP contribution in [0.5, 0.6) is 5.75 Å². The number of amides is 1. The molecule has 13 heteroatoms. The molecule has 4 fully saturated rings. The van der Waals surface area contributed by atoms with Crippen LogP contribution in [0.15, 0.2) is 48.8 Å². The maximum Gasteiger partial charge on any atom is 0.230 e. The fourth-order valence-corrected chi connectivity index (χ4v) is 6.84. The summed E-state index contributed by atoms with van der Waals surface area (Å²) in [5.41, 5.74) is 2.84. The summed E-state index contributed by atoms with van der Waals surface area (Å²) in [6, 6.07) is 15.9. The maximum atomic E-state index is 15.2. The molecule has 4 heterocycles. The van der Waals surface area contributed by atoms with Gasteiger partial charge in [0.2, 0.25) is 11.9 Å². The maximum absolute atomic E-state index is 15.2. The van der Waals surface area contributed by atoms with Crippen molar-refractivity contribution in [2.24, 2.45) is 5.92 Å². The van der Waals surface area contributed by atoms with Crippen LogP contribution in [0, 0.1) is 17.2 Å². The highest BCUT2D eigenvalue weighted by atomic mass is 19.1. The Morgan fingerprint density at radius 2 is 1.85 bits per heavy atom. The molecular weight excluding hydrogens is 603 g/mol. The first-order valence-electron chi connectivity index (χ1n) is 16.4. The van der Waals surface area contributed by atoms with Crippen molar-refractivity contribution < 1.29 is 23.8 Å². The third-order valence-electron chi connectivity index (χ3n) is 9.70. The molecule has 0 bridgehead atoms. The Hall–Kier alpha value is -4.38. The quantitative estimate of drug-likeness (QED) is 0.375. The number of nitriles is 1. The van der Waals surface area contributed by atoms with Crippen molar-refractivity contribution in [1.82, 2.24) is 24.8 Å². The summed E-state index contributed by atoms with van der Waals surface area (Å²) in [5, 5.41) is 22.9. The third kappa shape index (κ3) is 7.00. The van der Waals surface area contributed by atoms with E-state index in [2.05, 4.69) is 48.3 Å². The normalized spacial score (nSPS) is 25.2. The number of piperidine rings is 1. The van der Waals surface area contributed by atoms with Gasteiger partial charge >= 0.3 is 0 Å². The summed E-state index contributed by atoms with van der Waals surface area (Å²) >= 11 is 0. The Bertz CT molecular complexity index is 1610. The molecule has 0 unspecified atom stereocenters. The fraction of sp³-hybridized carbons (Fsp3) is 0.500. The largest absolute Gasteiger partial charge is 0.486 e. The summed E-state index contributed by atoms with van der Waals surface area (Å²) in [7, 11) is 0. The number of nitrogens with one attached hydrogen (secondary N) is 1. The zero-order valence-corrected chi connectivity index (χ0v) is 26.2. The lowest BCUT2D eigenvalue weighted by atomic mass is 10.0. The van der Waals surface area contributed by atoms with E-state index in [0.29, 0.717) is 55.6 Å². The standard InChI is InChI=1S/C34H39FN8O4/c35-29-18-43(33(45)23-1-7-28(44)16-23)10-9-31(29)47-30-8-2-22(15-24(30)17-36)32-37-21-38-34(40-32)39-25-3-5-26(6-4-25)41-11-13-42(14-12-41)27-19-46-20-27/h2-6,8,15,21,23,27-29,31,44H,1,7,9-14,16,18-20H2,(H,37,38,39,40)/t23-,28-,29+,31-/m0/s1. The summed E-state index contributed by atoms with van der Waals surface area (Å²) in [5.74, 6) is 0.671. The Morgan fingerprint density at radius 1 is 1.04 bits per heavy atom. The number of likely N-dealkylation sites (tertiary alicyclic amines) is 1. The van der Waals surface area contributed by atoms with E-state index in [0.717, 1.165) is 45.1 Å². The number of carbonyl (C=O) groups is 1. The molecule has 3 aliphatic heterocycles. The van der Waals surface area contributed by atoms with Gasteiger partial charge in [0.05, 0.1) is 37.5 Å². The Labute approximate surface area is 273 Å². The van der Waals surface area contributed by atoms with Gasteiger partial charge in [-0.05, 0) is 61.7 Å². The number of aliphatic hydroxyl groups excluding tert-OH is 1. The summed E-state index contributed by atoms with van der Waals surface area (Å²) in [6.45, 7) is 6.03. The number of benzene rings is 2. The molecule has 2 N–H and O–H groups in total. The van der Waals surface area contributed by atoms with Gasteiger partial charge in [-0.25, -0.2) is 14.4 Å². The molecule has 0 spiro atoms. The van der Waals surface area contributed by atoms with Gasteiger partial charge in [0.25, 0.3) is 0 Å². The lowest BCUT2D eigenvalue weighted by molar-refractivity contribution is -0.139. The minimum atomic E-state index is -1.39. The molecule has 1 aliphatic carbocycles. The monoisotopic (exact) mass is 642 g/mol. The second kappa shape index (κ2) is 13.8. The Balaban J connectivity index is 0.955. The zero-order valence-electron chi connectivity index (χ0n) is 26.2. The van der Waals surface area contributed by atoms with Crippen LogP contribution in [0.4, 0.5) is 21.7 Å². The molecule has 246 valence electrons. The van der Waals surface area contributed by atoms with Gasteiger partial charge in [0.15, 0.2) is 12.0 Å². The van der Waals surface area contributed by atoms with Crippen LogP contribution in [-0.4, -0.2) is 113 Å². The molecule has 12 nitrogen and oxygen atoms in total. The molecule has 0 radical (unpaired) electrons. The average Bonchev–Trinajstić information content (AvgIpc) is 3.51. The highest BCUT2D eigenvalue weighted by Crippen LogP contribution is 2.31. The number of hydrogen-bond acceptors (Lipinski definition) is 11. The van der Waals surface area contributed by atoms with Crippen molar-refractivity contribution in [3.8, 4) is 23.2 Å². The van der Waals surface area contributed by atoms with Crippen molar-refractivity contribution in [3.05, 3.63) is 54.4 Å². The lowest BCUT2D eigenvalue weighted by Crippen LogP contribution is -2.56. The van der Waals surface area contributed by atoms with Gasteiger partial charge in [0, 0.05) is 62.0 Å². The van der Waals surface area contributed by atoms with Crippen LogP contribution in [0.1, 0.15) is 31.2 Å². The van der Waals surface area contributed by atoms with E-state index in [1.165, 1.54) is 16.9 Å². The first-order valence-corrected chi connectivity index (χ1v) is 16.4. The molecule has 7 rings (SSSR count). The second-order valence-electron chi connectivity index (χ2n) is 12.8. The number of hydrogen-bond donors (Lipinski definition) is 2. The highest BCUT2D eigenvalue weighted by Gasteiger charge is 2.38. The molecule has 4 aliphatic rings. The van der Waals surface area contributed by atoms with Crippen LogP contribution < -0.4 is 15.0 Å². The van der Waals surface area contributed by atoms with Gasteiger partial charge in [-0.15, -0.1) is 0 Å². The van der Waals surface area contributed by atoms with Crippen LogP contribution >= 0.6 is 0 Å². The van der Waals surface area contributed by atoms with E-state index < -0.39 is 18.4 Å². The predicted octanol–water partition coefficient (Wildman–Crippen LogP) is 3.15. The minimum absolute atomic E-state index is 0.0625. The zero-order chi connectivity index (χ0) is 32.3. The average molecular weight is 643 g/mol. The van der Waals surface area contributed by atoms with E-state index in [-0.39, 0.29) is 29.7 Å². The van der Waals surface area contributed by atoms with Crippen LogP contribution in [-0.2, 0) is 9.53 Å². The van der Waals surface area contributed by atoms with E-state index in [1.54, 1.807) is 18.2 Å². The van der Waals surface area contributed by atoms with Crippen LogP contribution in [0.25, 0.3) is 11.4 Å². The lowest BCUT2D eigenvalue weighted by Gasteiger charge is -2.43. The summed E-state index contributed by atoms with van der Waals surface area (Å²) in [6.07, 6.45) is 0.765. The number of aromatic nitrogens is 3. The number of alkyl halides is 1. The molecule has 1 aromatic heterocycles. The van der Waals surface area contributed by atoms with Crippen LogP contribution in [0.2, 0.25) is 0 Å². The molecule has 3 aromatic rings. The van der Waals surface area contributed by atoms with Gasteiger partial charge in [-0.2, -0.15) is 10.2 Å². The number of nitrogens with zero attached hydrogens (tertiary/aromatic N) is 7. The Kier molecular flexibility index (Phi) is 9.15. The second-order valence-corrected chi connectivity index (χ2v) is 12.8.